The first-order chi connectivity index (χ1) is 15.7. The van der Waals surface area contributed by atoms with Gasteiger partial charge in [0.1, 0.15) is 0 Å². The van der Waals surface area contributed by atoms with Gasteiger partial charge in [0.15, 0.2) is 0 Å². The summed E-state index contributed by atoms with van der Waals surface area (Å²) in [5.74, 6) is 0. The summed E-state index contributed by atoms with van der Waals surface area (Å²) < 4.78 is 30.3. The van der Waals surface area contributed by atoms with Gasteiger partial charge >= 0.3 is 15.6 Å². The third-order valence-corrected chi connectivity index (χ3v) is 7.22. The Bertz CT molecular complexity index is 856. The van der Waals surface area contributed by atoms with Crippen LogP contribution in [0.5, 0.6) is 0 Å². The van der Waals surface area contributed by atoms with Crippen molar-refractivity contribution >= 4 is 15.6 Å². The Hall–Kier alpha value is -1.04. The van der Waals surface area contributed by atoms with Crippen molar-refractivity contribution in [3.63, 3.8) is 0 Å². The van der Waals surface area contributed by atoms with Crippen molar-refractivity contribution in [2.75, 3.05) is 6.61 Å². The summed E-state index contributed by atoms with van der Waals surface area (Å²) in [6, 6.07) is 0. The Labute approximate surface area is 206 Å². The van der Waals surface area contributed by atoms with Crippen LogP contribution in [0.1, 0.15) is 92.9 Å². The Morgan fingerprint density at radius 3 is 1.32 bits per heavy atom. The molecule has 0 aromatic carbocycles. The normalized spacial score (nSPS) is 15.9. The van der Waals surface area contributed by atoms with Gasteiger partial charge in [-0.25, -0.2) is 9.13 Å². The summed E-state index contributed by atoms with van der Waals surface area (Å²) in [6.45, 7) is 12.4. The molecule has 9 heteroatoms. The van der Waals surface area contributed by atoms with Crippen LogP contribution in [0.3, 0.4) is 0 Å². The van der Waals surface area contributed by atoms with Crippen LogP contribution < -0.4 is 0 Å². The van der Waals surface area contributed by atoms with Crippen LogP contribution in [0.2, 0.25) is 0 Å². The molecule has 0 radical (unpaired) electrons. The molecule has 0 amide bonds. The SMILES string of the molecule is CC(C)=CCC/C(C)=C/CC/C(C)=C/CC/C(C)=C/CC/C(C)=C/COP(=O)(O)OP(=O)(O)O. The van der Waals surface area contributed by atoms with Gasteiger partial charge in [-0.2, -0.15) is 4.31 Å². The maximum atomic E-state index is 11.4. The zero-order valence-electron chi connectivity index (χ0n) is 21.6. The van der Waals surface area contributed by atoms with Crippen molar-refractivity contribution in [3.8, 4) is 0 Å². The Morgan fingerprint density at radius 1 is 0.618 bits per heavy atom. The van der Waals surface area contributed by atoms with Gasteiger partial charge in [-0.1, -0.05) is 58.2 Å². The summed E-state index contributed by atoms with van der Waals surface area (Å²) in [4.78, 5) is 26.4. The molecule has 1 unspecified atom stereocenters. The summed E-state index contributed by atoms with van der Waals surface area (Å²) >= 11 is 0. The van der Waals surface area contributed by atoms with E-state index in [0.29, 0.717) is 0 Å². The van der Waals surface area contributed by atoms with Gasteiger partial charge in [0.25, 0.3) is 0 Å². The highest BCUT2D eigenvalue weighted by atomic mass is 31.3. The van der Waals surface area contributed by atoms with Crippen molar-refractivity contribution in [1.82, 2.24) is 0 Å². The van der Waals surface area contributed by atoms with Crippen LogP contribution in [0.4, 0.5) is 0 Å². The summed E-state index contributed by atoms with van der Waals surface area (Å²) in [5, 5.41) is 0. The highest BCUT2D eigenvalue weighted by molar-refractivity contribution is 7.60. The first-order valence-corrected chi connectivity index (χ1v) is 14.7. The van der Waals surface area contributed by atoms with Gasteiger partial charge < -0.3 is 14.7 Å². The molecule has 0 aliphatic rings. The van der Waals surface area contributed by atoms with Crippen LogP contribution in [-0.4, -0.2) is 21.3 Å². The van der Waals surface area contributed by atoms with E-state index in [4.69, 9.17) is 9.79 Å². The van der Waals surface area contributed by atoms with Gasteiger partial charge in [-0.15, -0.1) is 0 Å². The fourth-order valence-electron chi connectivity index (χ4n) is 3.07. The van der Waals surface area contributed by atoms with Crippen molar-refractivity contribution in [2.45, 2.75) is 92.9 Å². The molecule has 0 aliphatic carbocycles. The third kappa shape index (κ3) is 21.5. The second-order valence-electron chi connectivity index (χ2n) is 8.97. The quantitative estimate of drug-likeness (QED) is 0.132. The van der Waals surface area contributed by atoms with E-state index in [9.17, 15) is 14.0 Å². The van der Waals surface area contributed by atoms with Crippen molar-refractivity contribution in [1.29, 1.82) is 0 Å². The predicted molar refractivity (Wildman–Crippen MR) is 140 cm³/mol. The molecule has 0 saturated heterocycles. The highest BCUT2D eigenvalue weighted by Crippen LogP contribution is 2.57. The minimum Gasteiger partial charge on any atom is -0.302 e. The third-order valence-electron chi connectivity index (χ3n) is 5.06. The molecular weight excluding hydrogens is 474 g/mol. The van der Waals surface area contributed by atoms with E-state index in [-0.39, 0.29) is 6.61 Å². The lowest BCUT2D eigenvalue weighted by atomic mass is 10.0. The number of hydrogen-bond acceptors (Lipinski definition) is 4. The fraction of sp³-hybridized carbons (Fsp3) is 0.600. The molecule has 0 aromatic heterocycles. The van der Waals surface area contributed by atoms with E-state index >= 15 is 0 Å². The lowest BCUT2D eigenvalue weighted by Gasteiger charge is -2.11. The number of phosphoric ester groups is 1. The second-order valence-corrected chi connectivity index (χ2v) is 11.8. The summed E-state index contributed by atoms with van der Waals surface area (Å²) in [5.41, 5.74) is 6.52. The number of allylic oxidation sites excluding steroid dienone is 9. The van der Waals surface area contributed by atoms with E-state index in [1.165, 1.54) is 22.3 Å². The molecular formula is C25H44O7P2. The molecule has 0 fully saturated rings. The minimum atomic E-state index is -5.09. The maximum absolute atomic E-state index is 11.4. The molecule has 0 saturated carbocycles. The Balaban J connectivity index is 4.22. The van der Waals surface area contributed by atoms with Crippen molar-refractivity contribution in [2.24, 2.45) is 0 Å². The number of phosphoric acid groups is 2. The molecule has 1 atom stereocenters. The zero-order chi connectivity index (χ0) is 26.2. The standard InChI is InChI=1S/C25H44O7P2/c1-21(2)11-7-12-22(3)13-8-14-23(4)15-9-16-24(5)17-10-18-25(6)19-20-31-34(29,30)32-33(26,27)28/h11,13,15,17,19H,7-10,12,14,16,18,20H2,1-6H3,(H,29,30)(H2,26,27,28)/b22-13+,23-15+,24-17+,25-19+. The first-order valence-electron chi connectivity index (χ1n) is 11.7. The zero-order valence-corrected chi connectivity index (χ0v) is 23.4. The van der Waals surface area contributed by atoms with Gasteiger partial charge in [-0.3, -0.25) is 4.52 Å². The molecule has 0 aromatic rings. The average molecular weight is 519 g/mol. The van der Waals surface area contributed by atoms with E-state index in [0.717, 1.165) is 56.9 Å². The van der Waals surface area contributed by atoms with Gasteiger partial charge in [0, 0.05) is 0 Å². The second kappa shape index (κ2) is 17.4. The predicted octanol–water partition coefficient (Wildman–Crippen LogP) is 8.08. The van der Waals surface area contributed by atoms with Crippen LogP contribution in [0, 0.1) is 0 Å². The van der Waals surface area contributed by atoms with Crippen molar-refractivity contribution in [3.05, 3.63) is 58.2 Å². The molecule has 0 rings (SSSR count). The van der Waals surface area contributed by atoms with Gasteiger partial charge in [0.2, 0.25) is 0 Å². The molecule has 0 bridgehead atoms. The summed E-state index contributed by atoms with van der Waals surface area (Å²) in [6.07, 6.45) is 18.8. The number of rotatable bonds is 17. The molecule has 196 valence electrons. The van der Waals surface area contributed by atoms with E-state index in [1.54, 1.807) is 6.08 Å². The molecule has 34 heavy (non-hydrogen) atoms. The number of hydrogen-bond donors (Lipinski definition) is 3. The van der Waals surface area contributed by atoms with Crippen LogP contribution in [-0.2, 0) is 18.0 Å². The van der Waals surface area contributed by atoms with E-state index in [1.807, 2.05) is 6.92 Å². The largest absolute Gasteiger partial charge is 0.481 e. The smallest absolute Gasteiger partial charge is 0.302 e. The highest BCUT2D eigenvalue weighted by Gasteiger charge is 2.31. The monoisotopic (exact) mass is 518 g/mol. The Morgan fingerprint density at radius 2 is 0.971 bits per heavy atom. The molecule has 3 N–H and O–H groups in total. The van der Waals surface area contributed by atoms with E-state index < -0.39 is 15.6 Å². The minimum absolute atomic E-state index is 0.267. The molecule has 0 heterocycles. The molecule has 7 nitrogen and oxygen atoms in total. The Kier molecular flexibility index (Phi) is 16.9. The average Bonchev–Trinajstić information content (AvgIpc) is 2.65. The lowest BCUT2D eigenvalue weighted by Crippen LogP contribution is -1.94. The van der Waals surface area contributed by atoms with Crippen LogP contribution in [0.15, 0.2) is 58.2 Å². The summed E-state index contributed by atoms with van der Waals surface area (Å²) in [7, 11) is -9.87. The topological polar surface area (TPSA) is 113 Å². The van der Waals surface area contributed by atoms with Gasteiger partial charge in [-0.05, 0) is 92.9 Å². The van der Waals surface area contributed by atoms with Gasteiger partial charge in [0.05, 0.1) is 6.61 Å². The van der Waals surface area contributed by atoms with Crippen LogP contribution >= 0.6 is 15.6 Å². The fourth-order valence-corrected chi connectivity index (χ4v) is 4.59. The maximum Gasteiger partial charge on any atom is 0.481 e. The molecule has 0 aliphatic heterocycles. The molecule has 0 spiro atoms. The first kappa shape index (κ1) is 33.0. The van der Waals surface area contributed by atoms with E-state index in [2.05, 4.69) is 67.8 Å². The lowest BCUT2D eigenvalue weighted by molar-refractivity contribution is 0.191. The van der Waals surface area contributed by atoms with Crippen molar-refractivity contribution < 1.29 is 32.6 Å². The van der Waals surface area contributed by atoms with Crippen LogP contribution in [0.25, 0.3) is 0 Å².